The summed E-state index contributed by atoms with van der Waals surface area (Å²) in [5, 5.41) is 0.264. The van der Waals surface area contributed by atoms with Crippen molar-refractivity contribution in [3.05, 3.63) is 86.8 Å². The molecule has 14 heteroatoms. The van der Waals surface area contributed by atoms with Crippen molar-refractivity contribution in [1.29, 1.82) is 0 Å². The van der Waals surface area contributed by atoms with E-state index in [0.29, 0.717) is 54.8 Å². The molecule has 2 fully saturated rings. The average Bonchev–Trinajstić information content (AvgIpc) is 3.33. The Hall–Kier alpha value is -4.23. The number of rotatable bonds is 8. The first-order chi connectivity index (χ1) is 23.9. The molecule has 0 spiro atoms. The number of benzene rings is 1. The van der Waals surface area contributed by atoms with Crippen LogP contribution in [0.1, 0.15) is 90.4 Å². The largest absolute Gasteiger partial charge is 0.459 e. The minimum absolute atomic E-state index is 0.0306. The molecule has 2 aliphatic heterocycles. The highest BCUT2D eigenvalue weighted by molar-refractivity contribution is 6.31. The normalized spacial score (nSPS) is 18.1. The Balaban J connectivity index is 0.000000502. The number of aryl methyl sites for hydroxylation is 3. The molecule has 1 aromatic carbocycles. The Kier molecular flexibility index (Phi) is 12.7. The van der Waals surface area contributed by atoms with Gasteiger partial charge in [0.15, 0.2) is 6.29 Å². The van der Waals surface area contributed by atoms with Crippen LogP contribution in [0.25, 0.3) is 0 Å². The summed E-state index contributed by atoms with van der Waals surface area (Å²) in [6.07, 6.45) is -0.616. The van der Waals surface area contributed by atoms with Crippen molar-refractivity contribution in [2.24, 2.45) is 0 Å². The van der Waals surface area contributed by atoms with Crippen LogP contribution in [-0.4, -0.2) is 70.7 Å². The Morgan fingerprint density at radius 3 is 2.27 bits per heavy atom. The van der Waals surface area contributed by atoms with E-state index in [4.69, 9.17) is 30.8 Å². The van der Waals surface area contributed by atoms with Crippen molar-refractivity contribution in [1.82, 2.24) is 14.9 Å². The summed E-state index contributed by atoms with van der Waals surface area (Å²) in [6.45, 7) is 13.7. The third-order valence-corrected chi connectivity index (χ3v) is 8.64. The van der Waals surface area contributed by atoms with Crippen LogP contribution in [0, 0.1) is 20.8 Å². The lowest BCUT2D eigenvalue weighted by Gasteiger charge is -2.36. The SMILES string of the molecule is Cc1cc([C@H]2OC(=O)N(Cc3cc(C)cnc3N(CC(=O)OC(C)(C)C)C3CCOCC3)[C@H]2C)cc(C(F)(F)F)c1.Cc1cnc(Cl)c(C=O)c1. The number of aromatic nitrogens is 2. The van der Waals surface area contributed by atoms with Crippen LogP contribution in [0.5, 0.6) is 0 Å². The summed E-state index contributed by atoms with van der Waals surface area (Å²) in [5.74, 6) is 0.151. The van der Waals surface area contributed by atoms with Crippen molar-refractivity contribution < 1.29 is 41.8 Å². The smallest absolute Gasteiger partial charge is 0.416 e. The molecule has 2 saturated heterocycles. The van der Waals surface area contributed by atoms with Gasteiger partial charge in [0.25, 0.3) is 0 Å². The van der Waals surface area contributed by atoms with Gasteiger partial charge in [-0.05, 0) is 102 Å². The molecule has 0 N–H and O–H groups in total. The van der Waals surface area contributed by atoms with E-state index in [2.05, 4.69) is 4.98 Å². The summed E-state index contributed by atoms with van der Waals surface area (Å²) < 4.78 is 57.3. The zero-order valence-electron chi connectivity index (χ0n) is 29.8. The first-order valence-corrected chi connectivity index (χ1v) is 17.0. The molecule has 2 aliphatic rings. The van der Waals surface area contributed by atoms with E-state index in [1.807, 2.05) is 45.6 Å². The number of pyridine rings is 2. The number of amides is 1. The number of halogens is 4. The lowest BCUT2D eigenvalue weighted by atomic mass is 9.98. The summed E-state index contributed by atoms with van der Waals surface area (Å²) in [5.41, 5.74) is 2.21. The number of carbonyl (C=O) groups excluding carboxylic acids is 3. The van der Waals surface area contributed by atoms with E-state index in [9.17, 15) is 27.6 Å². The number of ether oxygens (including phenoxy) is 3. The molecular weight excluding hydrogens is 689 g/mol. The van der Waals surface area contributed by atoms with Crippen LogP contribution in [-0.2, 0) is 31.7 Å². The topological polar surface area (TPSA) is 111 Å². The molecule has 0 saturated carbocycles. The van der Waals surface area contributed by atoms with Gasteiger partial charge >= 0.3 is 18.2 Å². The second-order valence-electron chi connectivity index (χ2n) is 13.9. The highest BCUT2D eigenvalue weighted by atomic mass is 35.5. The minimum atomic E-state index is -4.52. The van der Waals surface area contributed by atoms with E-state index in [1.54, 1.807) is 38.4 Å². The van der Waals surface area contributed by atoms with E-state index < -0.39 is 41.5 Å². The van der Waals surface area contributed by atoms with Crippen LogP contribution in [0.15, 0.2) is 42.7 Å². The number of hydrogen-bond donors (Lipinski definition) is 0. The first kappa shape index (κ1) is 39.6. The predicted molar refractivity (Wildman–Crippen MR) is 186 cm³/mol. The Labute approximate surface area is 301 Å². The molecule has 5 rings (SSSR count). The monoisotopic (exact) mass is 732 g/mol. The lowest BCUT2D eigenvalue weighted by molar-refractivity contribution is -0.153. The third kappa shape index (κ3) is 10.6. The summed E-state index contributed by atoms with van der Waals surface area (Å²) in [6, 6.07) is 6.74. The van der Waals surface area contributed by atoms with Gasteiger partial charge in [-0.1, -0.05) is 23.2 Å². The highest BCUT2D eigenvalue weighted by Crippen LogP contribution is 2.38. The molecule has 51 heavy (non-hydrogen) atoms. The van der Waals surface area contributed by atoms with Crippen LogP contribution in [0.3, 0.4) is 0 Å². The van der Waals surface area contributed by atoms with Crippen LogP contribution in [0.4, 0.5) is 23.8 Å². The van der Waals surface area contributed by atoms with Crippen LogP contribution in [0.2, 0.25) is 5.15 Å². The zero-order valence-corrected chi connectivity index (χ0v) is 30.6. The molecule has 3 aromatic rings. The van der Waals surface area contributed by atoms with Gasteiger partial charge in [-0.2, -0.15) is 13.2 Å². The van der Waals surface area contributed by atoms with Crippen molar-refractivity contribution >= 4 is 35.8 Å². The first-order valence-electron chi connectivity index (χ1n) is 16.6. The molecule has 1 amide bonds. The molecule has 276 valence electrons. The Morgan fingerprint density at radius 2 is 1.67 bits per heavy atom. The molecule has 4 heterocycles. The number of nitrogens with zero attached hydrogens (tertiary/aromatic N) is 4. The van der Waals surface area contributed by atoms with Crippen LogP contribution >= 0.6 is 11.6 Å². The maximum absolute atomic E-state index is 13.5. The summed E-state index contributed by atoms with van der Waals surface area (Å²) >= 11 is 5.55. The fourth-order valence-electron chi connectivity index (χ4n) is 6.03. The van der Waals surface area contributed by atoms with Crippen molar-refractivity contribution in [3.8, 4) is 0 Å². The van der Waals surface area contributed by atoms with Crippen LogP contribution < -0.4 is 4.90 Å². The van der Waals surface area contributed by atoms with Gasteiger partial charge in [0.2, 0.25) is 0 Å². The number of esters is 1. The average molecular weight is 733 g/mol. The molecule has 2 aromatic heterocycles. The van der Waals surface area contributed by atoms with Crippen molar-refractivity contribution in [2.45, 2.75) is 97.8 Å². The van der Waals surface area contributed by atoms with Gasteiger partial charge in [-0.25, -0.2) is 14.8 Å². The number of cyclic esters (lactones) is 1. The molecule has 2 atom stereocenters. The standard InChI is InChI=1S/C30H38F3N3O5.C7H6ClNO/c1-18-11-21(14-23(13-18)30(31,32)33)26-20(3)35(28(38)40-26)16-22-12-19(2)15-34-27(22)36(24-7-9-39-10-8-24)17-25(37)41-29(4,5)6;1-5-2-6(4-10)7(8)9-3-5/h11-15,20,24,26H,7-10,16-17H2,1-6H3;2-4H,1H3/t20-,26-;/m0./s1. The molecule has 0 radical (unpaired) electrons. The maximum Gasteiger partial charge on any atom is 0.416 e. The quantitative estimate of drug-likeness (QED) is 0.129. The molecule has 0 aliphatic carbocycles. The Bertz CT molecular complexity index is 1730. The van der Waals surface area contributed by atoms with Crippen molar-refractivity contribution in [2.75, 3.05) is 24.7 Å². The number of hydrogen-bond acceptors (Lipinski definition) is 9. The maximum atomic E-state index is 13.5. The summed E-state index contributed by atoms with van der Waals surface area (Å²) in [7, 11) is 0. The van der Waals surface area contributed by atoms with E-state index in [-0.39, 0.29) is 29.8 Å². The fraction of sp³-hybridized carbons (Fsp3) is 0.486. The van der Waals surface area contributed by atoms with E-state index in [0.717, 1.165) is 23.3 Å². The highest BCUT2D eigenvalue weighted by Gasteiger charge is 2.42. The second-order valence-corrected chi connectivity index (χ2v) is 14.2. The second kappa shape index (κ2) is 16.4. The zero-order chi connectivity index (χ0) is 37.7. The Morgan fingerprint density at radius 1 is 1.02 bits per heavy atom. The van der Waals surface area contributed by atoms with Gasteiger partial charge in [-0.3, -0.25) is 14.5 Å². The predicted octanol–water partition coefficient (Wildman–Crippen LogP) is 7.98. The molecule has 0 unspecified atom stereocenters. The summed E-state index contributed by atoms with van der Waals surface area (Å²) in [4.78, 5) is 48.2. The van der Waals surface area contributed by atoms with E-state index in [1.165, 1.54) is 4.90 Å². The number of anilines is 1. The lowest BCUT2D eigenvalue weighted by Crippen LogP contribution is -2.45. The number of carbonyl (C=O) groups is 3. The molecule has 0 bridgehead atoms. The van der Waals surface area contributed by atoms with Gasteiger partial charge in [0, 0.05) is 37.2 Å². The number of aldehydes is 1. The minimum Gasteiger partial charge on any atom is -0.459 e. The van der Waals surface area contributed by atoms with Gasteiger partial charge in [0.05, 0.1) is 23.7 Å². The number of alkyl halides is 3. The fourth-order valence-corrected chi connectivity index (χ4v) is 6.17. The molecule has 10 nitrogen and oxygen atoms in total. The van der Waals surface area contributed by atoms with Gasteiger partial charge in [0.1, 0.15) is 29.2 Å². The van der Waals surface area contributed by atoms with Gasteiger partial charge < -0.3 is 19.1 Å². The molecular formula is C37H44ClF3N4O6. The van der Waals surface area contributed by atoms with Crippen molar-refractivity contribution in [3.63, 3.8) is 0 Å². The third-order valence-electron chi connectivity index (χ3n) is 8.32. The van der Waals surface area contributed by atoms with E-state index >= 15 is 0 Å². The van der Waals surface area contributed by atoms with Gasteiger partial charge in [-0.15, -0.1) is 0 Å².